The van der Waals surface area contributed by atoms with E-state index in [0.29, 0.717) is 18.9 Å². The van der Waals surface area contributed by atoms with Gasteiger partial charge in [-0.25, -0.2) is 13.1 Å². The van der Waals surface area contributed by atoms with Crippen LogP contribution in [0, 0.1) is 11.8 Å². The Morgan fingerprint density at radius 3 is 2.56 bits per heavy atom. The van der Waals surface area contributed by atoms with E-state index in [2.05, 4.69) is 28.8 Å². The summed E-state index contributed by atoms with van der Waals surface area (Å²) in [4.78, 5) is 2.33. The van der Waals surface area contributed by atoms with Gasteiger partial charge in [-0.15, -0.1) is 0 Å². The van der Waals surface area contributed by atoms with Gasteiger partial charge in [-0.1, -0.05) is 26.0 Å². The van der Waals surface area contributed by atoms with E-state index in [-0.39, 0.29) is 17.7 Å². The second kappa shape index (κ2) is 9.01. The van der Waals surface area contributed by atoms with Gasteiger partial charge in [-0.2, -0.15) is 0 Å². The van der Waals surface area contributed by atoms with Crippen molar-refractivity contribution in [1.29, 1.82) is 0 Å². The van der Waals surface area contributed by atoms with Crippen LogP contribution in [0.5, 0.6) is 5.75 Å². The Morgan fingerprint density at radius 2 is 1.96 bits per heavy atom. The molecule has 1 aromatic rings. The fraction of sp³-hybridized carbons (Fsp3) is 0.684. The molecule has 2 unspecified atom stereocenters. The lowest BCUT2D eigenvalue weighted by atomic mass is 9.85. The van der Waals surface area contributed by atoms with Crippen LogP contribution >= 0.6 is 0 Å². The van der Waals surface area contributed by atoms with Gasteiger partial charge in [0, 0.05) is 12.6 Å². The number of hydrogen-bond donors (Lipinski definition) is 1. The number of methoxy groups -OCH3 is 1. The Kier molecular flexibility index (Phi) is 7.28. The van der Waals surface area contributed by atoms with Gasteiger partial charge >= 0.3 is 0 Å². The summed E-state index contributed by atoms with van der Waals surface area (Å²) < 4.78 is 32.6. The highest BCUT2D eigenvalue weighted by Crippen LogP contribution is 2.35. The van der Waals surface area contributed by atoms with Gasteiger partial charge in [0.05, 0.1) is 12.9 Å². The van der Waals surface area contributed by atoms with Crippen molar-refractivity contribution in [1.82, 2.24) is 9.62 Å². The van der Waals surface area contributed by atoms with Crippen molar-refractivity contribution >= 4 is 10.0 Å². The Labute approximate surface area is 152 Å². The molecular formula is C19H32N2O3S. The van der Waals surface area contributed by atoms with E-state index in [1.54, 1.807) is 7.11 Å². The average Bonchev–Trinajstić information content (AvgIpc) is 2.59. The Hall–Kier alpha value is -1.11. The second-order valence-corrected chi connectivity index (χ2v) is 9.38. The molecule has 1 aliphatic heterocycles. The number of nitrogens with zero attached hydrogens (tertiary/aromatic N) is 1. The Bertz CT molecular complexity index is 629. The SMILES string of the molecule is COc1ccc(C2C(CNS(=O)(=O)CCC(C)C)CCCN2C)cc1. The molecule has 1 aliphatic rings. The molecule has 1 heterocycles. The summed E-state index contributed by atoms with van der Waals surface area (Å²) in [6, 6.07) is 8.35. The normalized spacial score (nSPS) is 22.3. The molecule has 2 rings (SSSR count). The minimum atomic E-state index is -3.20. The van der Waals surface area contributed by atoms with Gasteiger partial charge in [-0.3, -0.25) is 4.90 Å². The number of ether oxygens (including phenoxy) is 1. The number of hydrogen-bond acceptors (Lipinski definition) is 4. The van der Waals surface area contributed by atoms with Gasteiger partial charge in [-0.05, 0) is 62.4 Å². The molecule has 25 heavy (non-hydrogen) atoms. The topological polar surface area (TPSA) is 58.6 Å². The summed E-state index contributed by atoms with van der Waals surface area (Å²) >= 11 is 0. The zero-order chi connectivity index (χ0) is 18.4. The lowest BCUT2D eigenvalue weighted by Crippen LogP contribution is -2.42. The van der Waals surface area contributed by atoms with Crippen molar-refractivity contribution in [2.24, 2.45) is 11.8 Å². The first-order valence-corrected chi connectivity index (χ1v) is 10.8. The Balaban J connectivity index is 2.05. The summed E-state index contributed by atoms with van der Waals surface area (Å²) in [6.45, 7) is 5.63. The third kappa shape index (κ3) is 5.97. The number of likely N-dealkylation sites (tertiary alicyclic amines) is 1. The highest BCUT2D eigenvalue weighted by atomic mass is 32.2. The average molecular weight is 369 g/mol. The van der Waals surface area contributed by atoms with Crippen LogP contribution in [0.4, 0.5) is 0 Å². The molecule has 0 bridgehead atoms. The standard InChI is InChI=1S/C19H32N2O3S/c1-15(2)11-13-25(22,23)20-14-17-6-5-12-21(3)19(17)16-7-9-18(24-4)10-8-16/h7-10,15,17,19-20H,5-6,11-14H2,1-4H3. The second-order valence-electron chi connectivity index (χ2n) is 7.45. The minimum absolute atomic E-state index is 0.209. The number of sulfonamides is 1. The van der Waals surface area contributed by atoms with Crippen LogP contribution in [0.25, 0.3) is 0 Å². The number of nitrogens with one attached hydrogen (secondary N) is 1. The molecule has 0 aromatic heterocycles. The van der Waals surface area contributed by atoms with Crippen LogP contribution < -0.4 is 9.46 Å². The van der Waals surface area contributed by atoms with Crippen molar-refractivity contribution in [2.45, 2.75) is 39.2 Å². The molecule has 0 aliphatic carbocycles. The number of rotatable bonds is 8. The summed E-state index contributed by atoms with van der Waals surface area (Å²) in [5.41, 5.74) is 1.22. The summed E-state index contributed by atoms with van der Waals surface area (Å²) in [6.07, 6.45) is 2.83. The molecule has 0 spiro atoms. The van der Waals surface area contributed by atoms with Gasteiger partial charge in [0.15, 0.2) is 0 Å². The zero-order valence-corrected chi connectivity index (χ0v) is 16.7. The van der Waals surface area contributed by atoms with E-state index in [9.17, 15) is 8.42 Å². The van der Waals surface area contributed by atoms with Gasteiger partial charge in [0.25, 0.3) is 0 Å². The van der Waals surface area contributed by atoms with Crippen LogP contribution in [0.15, 0.2) is 24.3 Å². The number of piperidine rings is 1. The molecule has 5 nitrogen and oxygen atoms in total. The van der Waals surface area contributed by atoms with E-state index >= 15 is 0 Å². The lowest BCUT2D eigenvalue weighted by Gasteiger charge is -2.39. The highest BCUT2D eigenvalue weighted by molar-refractivity contribution is 7.89. The molecule has 1 aromatic carbocycles. The summed E-state index contributed by atoms with van der Waals surface area (Å²) in [5.74, 6) is 1.72. The molecule has 2 atom stereocenters. The van der Waals surface area contributed by atoms with Crippen molar-refractivity contribution < 1.29 is 13.2 Å². The fourth-order valence-electron chi connectivity index (χ4n) is 3.50. The third-order valence-electron chi connectivity index (χ3n) is 4.99. The van der Waals surface area contributed by atoms with E-state index in [4.69, 9.17) is 4.74 Å². The molecule has 0 radical (unpaired) electrons. The molecular weight excluding hydrogens is 336 g/mol. The Morgan fingerprint density at radius 1 is 1.28 bits per heavy atom. The van der Waals surface area contributed by atoms with Crippen LogP contribution in [0.3, 0.4) is 0 Å². The largest absolute Gasteiger partial charge is 0.497 e. The molecule has 1 fully saturated rings. The van der Waals surface area contributed by atoms with E-state index in [1.165, 1.54) is 5.56 Å². The van der Waals surface area contributed by atoms with Crippen LogP contribution in [0.2, 0.25) is 0 Å². The smallest absolute Gasteiger partial charge is 0.211 e. The summed E-state index contributed by atoms with van der Waals surface area (Å²) in [7, 11) is 0.584. The van der Waals surface area contributed by atoms with Crippen molar-refractivity contribution in [2.75, 3.05) is 33.0 Å². The first kappa shape index (κ1) is 20.2. The van der Waals surface area contributed by atoms with Gasteiger partial charge < -0.3 is 4.74 Å². The van der Waals surface area contributed by atoms with Crippen LogP contribution in [0.1, 0.15) is 44.7 Å². The lowest BCUT2D eigenvalue weighted by molar-refractivity contribution is 0.123. The molecule has 1 saturated heterocycles. The van der Waals surface area contributed by atoms with Crippen molar-refractivity contribution in [3.63, 3.8) is 0 Å². The zero-order valence-electron chi connectivity index (χ0n) is 15.9. The van der Waals surface area contributed by atoms with Gasteiger partial charge in [0.2, 0.25) is 10.0 Å². The molecule has 0 saturated carbocycles. The first-order chi connectivity index (χ1) is 11.8. The number of benzene rings is 1. The van der Waals surface area contributed by atoms with Crippen molar-refractivity contribution in [3.8, 4) is 5.75 Å². The fourth-order valence-corrected chi connectivity index (χ4v) is 4.89. The molecule has 142 valence electrons. The quantitative estimate of drug-likeness (QED) is 0.766. The molecule has 1 N–H and O–H groups in total. The predicted octanol–water partition coefficient (Wildman–Crippen LogP) is 3.04. The van der Waals surface area contributed by atoms with Crippen LogP contribution in [-0.2, 0) is 10.0 Å². The molecule has 6 heteroatoms. The maximum absolute atomic E-state index is 12.2. The van der Waals surface area contributed by atoms with Crippen LogP contribution in [-0.4, -0.2) is 46.3 Å². The van der Waals surface area contributed by atoms with Gasteiger partial charge in [0.1, 0.15) is 5.75 Å². The molecule has 0 amide bonds. The maximum Gasteiger partial charge on any atom is 0.211 e. The first-order valence-electron chi connectivity index (χ1n) is 9.14. The minimum Gasteiger partial charge on any atom is -0.497 e. The van der Waals surface area contributed by atoms with Crippen molar-refractivity contribution in [3.05, 3.63) is 29.8 Å². The maximum atomic E-state index is 12.2. The van der Waals surface area contributed by atoms with E-state index in [0.717, 1.165) is 25.1 Å². The third-order valence-corrected chi connectivity index (χ3v) is 6.37. The monoisotopic (exact) mass is 368 g/mol. The summed E-state index contributed by atoms with van der Waals surface area (Å²) in [5, 5.41) is 0. The highest BCUT2D eigenvalue weighted by Gasteiger charge is 2.31. The van der Waals surface area contributed by atoms with E-state index < -0.39 is 10.0 Å². The predicted molar refractivity (Wildman–Crippen MR) is 102 cm³/mol. The van der Waals surface area contributed by atoms with E-state index in [1.807, 2.05) is 26.0 Å².